The highest BCUT2D eigenvalue weighted by atomic mass is 15.2. The summed E-state index contributed by atoms with van der Waals surface area (Å²) in [6.45, 7) is 16.0. The van der Waals surface area contributed by atoms with Crippen molar-refractivity contribution in [3.63, 3.8) is 0 Å². The van der Waals surface area contributed by atoms with E-state index in [4.69, 9.17) is 4.98 Å². The van der Waals surface area contributed by atoms with Gasteiger partial charge >= 0.3 is 0 Å². The zero-order valence-corrected chi connectivity index (χ0v) is 18.5. The normalized spacial score (nSPS) is 19.7. The van der Waals surface area contributed by atoms with Crippen molar-refractivity contribution in [1.82, 2.24) is 14.7 Å². The van der Waals surface area contributed by atoms with Gasteiger partial charge < -0.3 is 19.9 Å². The SMILES string of the molecule is Cc1cccc(C)c1CNc1cc(N2C[C@@H](C)N[C@@H](C)C2)cn2c(C)c(C)nc12. The molecule has 2 N–H and O–H groups in total. The van der Waals surface area contributed by atoms with E-state index < -0.39 is 0 Å². The zero-order valence-electron chi connectivity index (χ0n) is 18.5. The number of aryl methyl sites for hydroxylation is 4. The fraction of sp³-hybridized carbons (Fsp3) is 0.458. The average Bonchev–Trinajstić information content (AvgIpc) is 2.95. The van der Waals surface area contributed by atoms with Gasteiger partial charge in [0.05, 0.1) is 17.1 Å². The van der Waals surface area contributed by atoms with E-state index in [0.29, 0.717) is 12.1 Å². The number of hydrogen-bond acceptors (Lipinski definition) is 4. The molecular weight excluding hydrogens is 358 g/mol. The first-order chi connectivity index (χ1) is 13.8. The minimum atomic E-state index is 0.478. The lowest BCUT2D eigenvalue weighted by Gasteiger charge is -2.37. The molecule has 2 atom stereocenters. The number of aromatic nitrogens is 2. The molecule has 0 saturated carbocycles. The van der Waals surface area contributed by atoms with Crippen molar-refractivity contribution >= 4 is 17.0 Å². The largest absolute Gasteiger partial charge is 0.378 e. The molecule has 0 radical (unpaired) electrons. The molecule has 154 valence electrons. The quantitative estimate of drug-likeness (QED) is 0.693. The number of piperazine rings is 1. The lowest BCUT2D eigenvalue weighted by Crippen LogP contribution is -2.54. The summed E-state index contributed by atoms with van der Waals surface area (Å²) in [5.41, 5.74) is 9.65. The molecule has 0 bridgehead atoms. The lowest BCUT2D eigenvalue weighted by molar-refractivity contribution is 0.407. The Balaban J connectivity index is 1.73. The molecular formula is C24H33N5. The number of rotatable bonds is 4. The van der Waals surface area contributed by atoms with Crippen molar-refractivity contribution in [2.75, 3.05) is 23.3 Å². The fourth-order valence-electron chi connectivity index (χ4n) is 4.51. The molecule has 0 unspecified atom stereocenters. The lowest BCUT2D eigenvalue weighted by atomic mass is 10.0. The molecule has 2 aromatic heterocycles. The first-order valence-electron chi connectivity index (χ1n) is 10.6. The van der Waals surface area contributed by atoms with Crippen LogP contribution >= 0.6 is 0 Å². The van der Waals surface area contributed by atoms with Gasteiger partial charge in [0.25, 0.3) is 0 Å². The van der Waals surface area contributed by atoms with Crippen LogP contribution < -0.4 is 15.5 Å². The molecule has 1 fully saturated rings. The maximum atomic E-state index is 4.86. The summed E-state index contributed by atoms with van der Waals surface area (Å²) >= 11 is 0. The Morgan fingerprint density at radius 1 is 1.07 bits per heavy atom. The number of nitrogens with zero attached hydrogens (tertiary/aromatic N) is 3. The highest BCUT2D eigenvalue weighted by Gasteiger charge is 2.23. The second-order valence-corrected chi connectivity index (χ2v) is 8.69. The molecule has 1 aliphatic rings. The standard InChI is InChI=1S/C24H33N5/c1-15-8-7-9-16(2)22(15)11-25-23-10-21(28-12-17(3)26-18(4)13-28)14-29-20(6)19(5)27-24(23)29/h7-10,14,17-18,25-26H,11-13H2,1-6H3/t17-,18+. The summed E-state index contributed by atoms with van der Waals surface area (Å²) in [7, 11) is 0. The molecule has 3 aromatic rings. The number of nitrogens with one attached hydrogen (secondary N) is 2. The van der Waals surface area contributed by atoms with Gasteiger partial charge in [0.15, 0.2) is 5.65 Å². The predicted octanol–water partition coefficient (Wildman–Crippen LogP) is 4.37. The highest BCUT2D eigenvalue weighted by molar-refractivity contribution is 5.74. The van der Waals surface area contributed by atoms with Gasteiger partial charge in [0.1, 0.15) is 0 Å². The van der Waals surface area contributed by atoms with Crippen molar-refractivity contribution < 1.29 is 0 Å². The summed E-state index contributed by atoms with van der Waals surface area (Å²) in [6, 6.07) is 9.73. The number of benzene rings is 1. The first-order valence-corrected chi connectivity index (χ1v) is 10.6. The van der Waals surface area contributed by atoms with Crippen molar-refractivity contribution in [2.24, 2.45) is 0 Å². The van der Waals surface area contributed by atoms with Gasteiger partial charge in [-0.2, -0.15) is 0 Å². The minimum Gasteiger partial charge on any atom is -0.378 e. The van der Waals surface area contributed by atoms with Crippen molar-refractivity contribution in [3.05, 3.63) is 58.5 Å². The summed E-state index contributed by atoms with van der Waals surface area (Å²) in [4.78, 5) is 7.35. The van der Waals surface area contributed by atoms with E-state index in [1.165, 1.54) is 28.1 Å². The van der Waals surface area contributed by atoms with Crippen molar-refractivity contribution in [1.29, 1.82) is 0 Å². The van der Waals surface area contributed by atoms with E-state index in [-0.39, 0.29) is 0 Å². The van der Waals surface area contributed by atoms with E-state index >= 15 is 0 Å². The van der Waals surface area contributed by atoms with Gasteiger partial charge in [0.2, 0.25) is 0 Å². The molecule has 0 spiro atoms. The van der Waals surface area contributed by atoms with Crippen molar-refractivity contribution in [3.8, 4) is 0 Å². The van der Waals surface area contributed by atoms with Gasteiger partial charge in [-0.15, -0.1) is 0 Å². The van der Waals surface area contributed by atoms with Crippen LogP contribution in [0.1, 0.15) is 41.9 Å². The molecule has 0 aliphatic carbocycles. The van der Waals surface area contributed by atoms with Crippen LogP contribution in [0.2, 0.25) is 0 Å². The molecule has 5 nitrogen and oxygen atoms in total. The molecule has 29 heavy (non-hydrogen) atoms. The Bertz CT molecular complexity index is 1010. The molecule has 4 rings (SSSR count). The van der Waals surface area contributed by atoms with Gasteiger partial charge in [-0.25, -0.2) is 4.98 Å². The molecule has 3 heterocycles. The third-order valence-electron chi connectivity index (χ3n) is 6.20. The monoisotopic (exact) mass is 391 g/mol. The summed E-state index contributed by atoms with van der Waals surface area (Å²) in [5.74, 6) is 0. The Kier molecular flexibility index (Phi) is 5.26. The summed E-state index contributed by atoms with van der Waals surface area (Å²) in [6.07, 6.45) is 2.25. The second-order valence-electron chi connectivity index (χ2n) is 8.69. The topological polar surface area (TPSA) is 44.6 Å². The number of pyridine rings is 1. The Labute approximate surface area is 174 Å². The molecule has 1 aromatic carbocycles. The number of anilines is 2. The van der Waals surface area contributed by atoms with Crippen LogP contribution in [-0.4, -0.2) is 34.6 Å². The van der Waals surface area contributed by atoms with Crippen LogP contribution in [0.15, 0.2) is 30.5 Å². The number of imidazole rings is 1. The smallest absolute Gasteiger partial charge is 0.160 e. The van der Waals surface area contributed by atoms with Crippen LogP contribution in [0.25, 0.3) is 5.65 Å². The predicted molar refractivity (Wildman–Crippen MR) is 122 cm³/mol. The van der Waals surface area contributed by atoms with Crippen LogP contribution in [-0.2, 0) is 6.54 Å². The maximum absolute atomic E-state index is 4.86. The van der Waals surface area contributed by atoms with E-state index in [0.717, 1.165) is 36.7 Å². The Morgan fingerprint density at radius 2 is 1.72 bits per heavy atom. The highest BCUT2D eigenvalue weighted by Crippen LogP contribution is 2.28. The van der Waals surface area contributed by atoms with Crippen LogP contribution in [0.4, 0.5) is 11.4 Å². The van der Waals surface area contributed by atoms with Gasteiger partial charge in [-0.1, -0.05) is 18.2 Å². The minimum absolute atomic E-state index is 0.478. The second kappa shape index (κ2) is 7.71. The van der Waals surface area contributed by atoms with Crippen molar-refractivity contribution in [2.45, 2.75) is 60.2 Å². The zero-order chi connectivity index (χ0) is 20.7. The fourth-order valence-corrected chi connectivity index (χ4v) is 4.51. The molecule has 1 saturated heterocycles. The first kappa shape index (κ1) is 19.8. The Morgan fingerprint density at radius 3 is 2.38 bits per heavy atom. The van der Waals surface area contributed by atoms with Crippen LogP contribution in [0, 0.1) is 27.7 Å². The van der Waals surface area contributed by atoms with E-state index in [9.17, 15) is 0 Å². The van der Waals surface area contributed by atoms with E-state index in [1.54, 1.807) is 0 Å². The van der Waals surface area contributed by atoms with Crippen LogP contribution in [0.3, 0.4) is 0 Å². The van der Waals surface area contributed by atoms with E-state index in [2.05, 4.69) is 91.9 Å². The Hall–Kier alpha value is -2.53. The number of hydrogen-bond donors (Lipinski definition) is 2. The molecule has 0 amide bonds. The third-order valence-corrected chi connectivity index (χ3v) is 6.20. The van der Waals surface area contributed by atoms with Gasteiger partial charge in [0, 0.05) is 43.6 Å². The summed E-state index contributed by atoms with van der Waals surface area (Å²) < 4.78 is 2.25. The summed E-state index contributed by atoms with van der Waals surface area (Å²) in [5, 5.41) is 7.33. The number of fused-ring (bicyclic) bond motifs is 1. The molecule has 1 aliphatic heterocycles. The molecule has 5 heteroatoms. The van der Waals surface area contributed by atoms with Gasteiger partial charge in [-0.05, 0) is 64.3 Å². The third kappa shape index (κ3) is 3.84. The van der Waals surface area contributed by atoms with Crippen LogP contribution in [0.5, 0.6) is 0 Å². The van der Waals surface area contributed by atoms with Gasteiger partial charge in [-0.3, -0.25) is 0 Å². The maximum Gasteiger partial charge on any atom is 0.160 e. The van der Waals surface area contributed by atoms with E-state index in [1.807, 2.05) is 0 Å². The average molecular weight is 392 g/mol.